The number of piperidine rings is 1. The van der Waals surface area contributed by atoms with Crippen molar-refractivity contribution < 1.29 is 0 Å². The molecule has 4 nitrogen and oxygen atoms in total. The van der Waals surface area contributed by atoms with Crippen molar-refractivity contribution in [3.63, 3.8) is 0 Å². The van der Waals surface area contributed by atoms with E-state index in [2.05, 4.69) is 34.6 Å². The van der Waals surface area contributed by atoms with Crippen LogP contribution in [0.4, 0.5) is 0 Å². The molecule has 0 spiro atoms. The van der Waals surface area contributed by atoms with E-state index in [1.807, 2.05) is 6.20 Å². The van der Waals surface area contributed by atoms with E-state index in [0.29, 0.717) is 12.1 Å². The van der Waals surface area contributed by atoms with Crippen molar-refractivity contribution in [2.45, 2.75) is 31.8 Å². The van der Waals surface area contributed by atoms with Crippen LogP contribution in [0, 0.1) is 6.92 Å². The Morgan fingerprint density at radius 1 is 1.35 bits per heavy atom. The molecule has 1 aromatic carbocycles. The number of benzene rings is 1. The predicted molar refractivity (Wildman–Crippen MR) is 68.8 cm³/mol. The fraction of sp³-hybridized carbons (Fsp3) is 0.462. The van der Waals surface area contributed by atoms with Crippen LogP contribution in [0.15, 0.2) is 18.3 Å². The molecule has 1 fully saturated rings. The Balaban J connectivity index is 2.03. The van der Waals surface area contributed by atoms with Gasteiger partial charge in [0.05, 0.1) is 11.7 Å². The lowest BCUT2D eigenvalue weighted by molar-refractivity contribution is 0.374. The minimum atomic E-state index is 0.301. The molecule has 2 atom stereocenters. The van der Waals surface area contributed by atoms with Gasteiger partial charge in [0.2, 0.25) is 0 Å². The number of H-pyrrole nitrogens is 1. The van der Waals surface area contributed by atoms with Crippen LogP contribution in [-0.2, 0) is 0 Å². The zero-order chi connectivity index (χ0) is 11.8. The van der Waals surface area contributed by atoms with E-state index >= 15 is 0 Å². The third kappa shape index (κ3) is 1.83. The summed E-state index contributed by atoms with van der Waals surface area (Å²) >= 11 is 0. The van der Waals surface area contributed by atoms with Gasteiger partial charge < -0.3 is 11.1 Å². The fourth-order valence-corrected chi connectivity index (χ4v) is 2.74. The molecule has 0 amide bonds. The standard InChI is InChI=1S/C13H18N4/c1-8-2-4-11-10(7-16-17-11)13(8)12-5-3-9(14)6-15-12/h2,4,7,9,12,15H,3,5-6,14H2,1H3,(H,16,17). The highest BCUT2D eigenvalue weighted by Gasteiger charge is 2.22. The third-order valence-corrected chi connectivity index (χ3v) is 3.68. The van der Waals surface area contributed by atoms with Crippen LogP contribution in [0.25, 0.3) is 10.9 Å². The summed E-state index contributed by atoms with van der Waals surface area (Å²) in [4.78, 5) is 0. The molecule has 0 aliphatic carbocycles. The molecule has 2 unspecified atom stereocenters. The molecule has 1 aliphatic rings. The fourth-order valence-electron chi connectivity index (χ4n) is 2.74. The highest BCUT2D eigenvalue weighted by molar-refractivity contribution is 5.83. The van der Waals surface area contributed by atoms with Crippen LogP contribution in [-0.4, -0.2) is 22.8 Å². The van der Waals surface area contributed by atoms with Gasteiger partial charge in [0.25, 0.3) is 0 Å². The van der Waals surface area contributed by atoms with Gasteiger partial charge in [-0.2, -0.15) is 5.10 Å². The minimum Gasteiger partial charge on any atom is -0.327 e. The highest BCUT2D eigenvalue weighted by Crippen LogP contribution is 2.31. The first-order valence-electron chi connectivity index (χ1n) is 6.17. The second-order valence-corrected chi connectivity index (χ2v) is 4.93. The van der Waals surface area contributed by atoms with Gasteiger partial charge in [0.1, 0.15) is 0 Å². The molecule has 2 heterocycles. The summed E-state index contributed by atoms with van der Waals surface area (Å²) in [6, 6.07) is 4.97. The second kappa shape index (κ2) is 4.13. The molecule has 4 heteroatoms. The number of fused-ring (bicyclic) bond motifs is 1. The van der Waals surface area contributed by atoms with Gasteiger partial charge in [-0.15, -0.1) is 0 Å². The summed E-state index contributed by atoms with van der Waals surface area (Å²) in [6.45, 7) is 3.07. The number of hydrogen-bond acceptors (Lipinski definition) is 3. The van der Waals surface area contributed by atoms with E-state index in [4.69, 9.17) is 5.73 Å². The van der Waals surface area contributed by atoms with Crippen molar-refractivity contribution in [1.82, 2.24) is 15.5 Å². The SMILES string of the molecule is Cc1ccc2[nH]ncc2c1C1CCC(N)CN1. The average molecular weight is 230 g/mol. The van der Waals surface area contributed by atoms with E-state index in [1.54, 1.807) is 0 Å². The lowest BCUT2D eigenvalue weighted by Crippen LogP contribution is -2.41. The number of hydrogen-bond donors (Lipinski definition) is 3. The van der Waals surface area contributed by atoms with Crippen LogP contribution >= 0.6 is 0 Å². The topological polar surface area (TPSA) is 66.7 Å². The van der Waals surface area contributed by atoms with Crippen LogP contribution in [0.1, 0.15) is 30.0 Å². The number of aromatic amines is 1. The molecule has 4 N–H and O–H groups in total. The van der Waals surface area contributed by atoms with E-state index in [9.17, 15) is 0 Å². The van der Waals surface area contributed by atoms with Crippen molar-refractivity contribution in [3.8, 4) is 0 Å². The van der Waals surface area contributed by atoms with Gasteiger partial charge in [-0.05, 0) is 37.0 Å². The van der Waals surface area contributed by atoms with E-state index < -0.39 is 0 Å². The lowest BCUT2D eigenvalue weighted by atomic mass is 9.90. The molecule has 1 aliphatic heterocycles. The first-order chi connectivity index (χ1) is 8.25. The number of aromatic nitrogens is 2. The Morgan fingerprint density at radius 2 is 2.24 bits per heavy atom. The molecule has 90 valence electrons. The van der Waals surface area contributed by atoms with Crippen LogP contribution in [0.5, 0.6) is 0 Å². The smallest absolute Gasteiger partial charge is 0.0653 e. The molecule has 1 saturated heterocycles. The van der Waals surface area contributed by atoms with E-state index in [0.717, 1.165) is 24.9 Å². The van der Waals surface area contributed by atoms with Gasteiger partial charge >= 0.3 is 0 Å². The van der Waals surface area contributed by atoms with Crippen molar-refractivity contribution in [2.75, 3.05) is 6.54 Å². The van der Waals surface area contributed by atoms with Gasteiger partial charge in [0.15, 0.2) is 0 Å². The van der Waals surface area contributed by atoms with Crippen molar-refractivity contribution in [3.05, 3.63) is 29.5 Å². The molecule has 17 heavy (non-hydrogen) atoms. The zero-order valence-electron chi connectivity index (χ0n) is 10.0. The van der Waals surface area contributed by atoms with E-state index in [1.165, 1.54) is 16.5 Å². The Morgan fingerprint density at radius 3 is 3.00 bits per heavy atom. The van der Waals surface area contributed by atoms with Crippen LogP contribution < -0.4 is 11.1 Å². The van der Waals surface area contributed by atoms with Gasteiger partial charge in [-0.1, -0.05) is 6.07 Å². The Kier molecular flexibility index (Phi) is 2.61. The Hall–Kier alpha value is -1.39. The number of nitrogens with one attached hydrogen (secondary N) is 2. The molecule has 0 radical (unpaired) electrons. The molecular formula is C13H18N4. The van der Waals surface area contributed by atoms with Crippen molar-refractivity contribution in [2.24, 2.45) is 5.73 Å². The van der Waals surface area contributed by atoms with Gasteiger partial charge in [-0.3, -0.25) is 5.10 Å². The highest BCUT2D eigenvalue weighted by atomic mass is 15.1. The predicted octanol–water partition coefficient (Wildman–Crippen LogP) is 1.62. The quantitative estimate of drug-likeness (QED) is 0.697. The number of nitrogens with two attached hydrogens (primary N) is 1. The summed E-state index contributed by atoms with van der Waals surface area (Å²) in [5.41, 5.74) is 9.74. The largest absolute Gasteiger partial charge is 0.327 e. The lowest BCUT2D eigenvalue weighted by Gasteiger charge is -2.29. The monoisotopic (exact) mass is 230 g/mol. The molecule has 0 saturated carbocycles. The molecule has 2 aromatic rings. The average Bonchev–Trinajstić information content (AvgIpc) is 2.79. The molecule has 3 rings (SSSR count). The van der Waals surface area contributed by atoms with Crippen molar-refractivity contribution in [1.29, 1.82) is 0 Å². The third-order valence-electron chi connectivity index (χ3n) is 3.68. The summed E-state index contributed by atoms with van der Waals surface area (Å²) in [6.07, 6.45) is 4.12. The summed E-state index contributed by atoms with van der Waals surface area (Å²) < 4.78 is 0. The summed E-state index contributed by atoms with van der Waals surface area (Å²) in [5.74, 6) is 0. The normalized spacial score (nSPS) is 25.3. The number of nitrogens with zero attached hydrogens (tertiary/aromatic N) is 1. The van der Waals surface area contributed by atoms with Crippen LogP contribution in [0.2, 0.25) is 0 Å². The maximum absolute atomic E-state index is 5.92. The second-order valence-electron chi connectivity index (χ2n) is 4.93. The van der Waals surface area contributed by atoms with Gasteiger partial charge in [0, 0.05) is 24.0 Å². The molecule has 1 aromatic heterocycles. The zero-order valence-corrected chi connectivity index (χ0v) is 10.0. The maximum Gasteiger partial charge on any atom is 0.0653 e. The Bertz CT molecular complexity index is 523. The number of rotatable bonds is 1. The molecule has 0 bridgehead atoms. The van der Waals surface area contributed by atoms with Crippen molar-refractivity contribution >= 4 is 10.9 Å². The summed E-state index contributed by atoms with van der Waals surface area (Å²) in [5, 5.41) is 11.9. The summed E-state index contributed by atoms with van der Waals surface area (Å²) in [7, 11) is 0. The Labute approximate surface area is 101 Å². The first-order valence-corrected chi connectivity index (χ1v) is 6.17. The minimum absolute atomic E-state index is 0.301. The number of aryl methyl sites for hydroxylation is 1. The molecular weight excluding hydrogens is 212 g/mol. The maximum atomic E-state index is 5.92. The van der Waals surface area contributed by atoms with Gasteiger partial charge in [-0.25, -0.2) is 0 Å². The van der Waals surface area contributed by atoms with Crippen LogP contribution in [0.3, 0.4) is 0 Å². The van der Waals surface area contributed by atoms with E-state index in [-0.39, 0.29) is 0 Å². The first kappa shape index (κ1) is 10.7.